The van der Waals surface area contributed by atoms with Gasteiger partial charge >= 0.3 is 5.97 Å². The van der Waals surface area contributed by atoms with Crippen LogP contribution in [0.4, 0.5) is 0 Å². The fraction of sp³-hybridized carbons (Fsp3) is 0.412. The summed E-state index contributed by atoms with van der Waals surface area (Å²) < 4.78 is 5.17. The molecule has 0 bridgehead atoms. The number of morpholine rings is 1. The van der Waals surface area contributed by atoms with Crippen LogP contribution in [0, 0.1) is 6.92 Å². The highest BCUT2D eigenvalue weighted by atomic mass is 16.5. The molecule has 1 aliphatic heterocycles. The zero-order valence-electron chi connectivity index (χ0n) is 13.0. The van der Waals surface area contributed by atoms with E-state index in [2.05, 4.69) is 11.1 Å². The number of carbonyl (C=O) groups excluding carboxylic acids is 1. The predicted molar refractivity (Wildman–Crippen MR) is 85.3 cm³/mol. The van der Waals surface area contributed by atoms with Crippen LogP contribution in [0.15, 0.2) is 24.4 Å². The van der Waals surface area contributed by atoms with Gasteiger partial charge in [-0.1, -0.05) is 11.6 Å². The first-order valence-corrected chi connectivity index (χ1v) is 7.73. The van der Waals surface area contributed by atoms with Crippen molar-refractivity contribution in [3.8, 4) is 0 Å². The largest absolute Gasteiger partial charge is 0.480 e. The third-order valence-corrected chi connectivity index (χ3v) is 4.27. The number of carbonyl (C=O) groups is 2. The number of carboxylic acid groups (broad SMARTS) is 1. The number of aromatic nitrogens is 1. The number of carboxylic acids is 1. The Morgan fingerprint density at radius 3 is 3.04 bits per heavy atom. The smallest absolute Gasteiger partial charge is 0.328 e. The van der Waals surface area contributed by atoms with Gasteiger partial charge in [-0.3, -0.25) is 4.79 Å². The van der Waals surface area contributed by atoms with Crippen molar-refractivity contribution in [2.24, 2.45) is 0 Å². The molecule has 1 aliphatic rings. The molecule has 1 amide bonds. The van der Waals surface area contributed by atoms with Gasteiger partial charge in [0.05, 0.1) is 13.2 Å². The Labute approximate surface area is 134 Å². The van der Waals surface area contributed by atoms with Crippen molar-refractivity contribution in [1.82, 2.24) is 9.88 Å². The maximum atomic E-state index is 12.4. The van der Waals surface area contributed by atoms with Crippen LogP contribution in [0.2, 0.25) is 0 Å². The number of aromatic amines is 1. The van der Waals surface area contributed by atoms with Gasteiger partial charge in [-0.15, -0.1) is 0 Å². The third kappa shape index (κ3) is 3.22. The molecule has 2 aromatic rings. The summed E-state index contributed by atoms with van der Waals surface area (Å²) in [6.07, 6.45) is 2.81. The lowest BCUT2D eigenvalue weighted by Gasteiger charge is -2.32. The molecule has 122 valence electrons. The highest BCUT2D eigenvalue weighted by Crippen LogP contribution is 2.21. The molecule has 2 heterocycles. The molecule has 0 spiro atoms. The Hall–Kier alpha value is -2.34. The zero-order valence-corrected chi connectivity index (χ0v) is 13.0. The standard InChI is InChI=1S/C17H20N2O4/c1-11-2-4-14-13(8-11)12(9-18-14)3-5-16(20)19-6-7-23-10-15(19)17(21)22/h2,4,8-9,15,18H,3,5-7,10H2,1H3,(H,21,22). The maximum Gasteiger partial charge on any atom is 0.328 e. The molecule has 23 heavy (non-hydrogen) atoms. The van der Waals surface area contributed by atoms with Gasteiger partial charge in [-0.25, -0.2) is 4.79 Å². The molecule has 1 unspecified atom stereocenters. The highest BCUT2D eigenvalue weighted by molar-refractivity contribution is 5.86. The second-order valence-corrected chi connectivity index (χ2v) is 5.88. The van der Waals surface area contributed by atoms with Gasteiger partial charge in [-0.2, -0.15) is 0 Å². The zero-order chi connectivity index (χ0) is 16.4. The molecule has 3 rings (SSSR count). The van der Waals surface area contributed by atoms with Crippen LogP contribution in [-0.4, -0.2) is 52.7 Å². The number of rotatable bonds is 4. The summed E-state index contributed by atoms with van der Waals surface area (Å²) in [6.45, 7) is 2.82. The van der Waals surface area contributed by atoms with E-state index < -0.39 is 12.0 Å². The summed E-state index contributed by atoms with van der Waals surface area (Å²) in [7, 11) is 0. The van der Waals surface area contributed by atoms with E-state index in [1.54, 1.807) is 0 Å². The fourth-order valence-electron chi connectivity index (χ4n) is 2.99. The first-order chi connectivity index (χ1) is 11.1. The molecule has 1 aromatic carbocycles. The average molecular weight is 316 g/mol. The molecule has 1 saturated heterocycles. The second-order valence-electron chi connectivity index (χ2n) is 5.88. The first-order valence-electron chi connectivity index (χ1n) is 7.73. The van der Waals surface area contributed by atoms with Gasteiger partial charge in [0, 0.05) is 30.1 Å². The number of H-pyrrole nitrogens is 1. The fourth-order valence-corrected chi connectivity index (χ4v) is 2.99. The normalized spacial score (nSPS) is 18.3. The number of ether oxygens (including phenoxy) is 1. The van der Waals surface area contributed by atoms with Crippen molar-refractivity contribution in [3.05, 3.63) is 35.5 Å². The molecule has 0 aliphatic carbocycles. The number of hydrogen-bond donors (Lipinski definition) is 2. The monoisotopic (exact) mass is 316 g/mol. The van der Waals surface area contributed by atoms with E-state index in [9.17, 15) is 14.7 Å². The topological polar surface area (TPSA) is 82.6 Å². The molecule has 6 nitrogen and oxygen atoms in total. The number of hydrogen-bond acceptors (Lipinski definition) is 3. The van der Waals surface area contributed by atoms with Crippen molar-refractivity contribution in [2.45, 2.75) is 25.8 Å². The summed E-state index contributed by atoms with van der Waals surface area (Å²) in [6, 6.07) is 5.29. The van der Waals surface area contributed by atoms with Crippen LogP contribution in [0.5, 0.6) is 0 Å². The van der Waals surface area contributed by atoms with Gasteiger partial charge in [-0.05, 0) is 31.0 Å². The van der Waals surface area contributed by atoms with Crippen molar-refractivity contribution in [2.75, 3.05) is 19.8 Å². The van der Waals surface area contributed by atoms with Crippen molar-refractivity contribution in [3.63, 3.8) is 0 Å². The predicted octanol–water partition coefficient (Wildman–Crippen LogP) is 1.72. The number of fused-ring (bicyclic) bond motifs is 1. The Balaban J connectivity index is 1.70. The second kappa shape index (κ2) is 6.42. The summed E-state index contributed by atoms with van der Waals surface area (Å²) in [4.78, 5) is 28.3. The Bertz CT molecular complexity index is 737. The molecule has 1 fully saturated rings. The van der Waals surface area contributed by atoms with Crippen LogP contribution >= 0.6 is 0 Å². The van der Waals surface area contributed by atoms with Crippen LogP contribution in [-0.2, 0) is 20.7 Å². The molecule has 1 atom stereocenters. The van der Waals surface area contributed by atoms with E-state index in [1.807, 2.05) is 25.3 Å². The Morgan fingerprint density at radius 2 is 2.26 bits per heavy atom. The number of amides is 1. The molecular formula is C17H20N2O4. The number of aliphatic carboxylic acids is 1. The van der Waals surface area contributed by atoms with Gasteiger partial charge in [0.25, 0.3) is 0 Å². The molecular weight excluding hydrogens is 296 g/mol. The minimum Gasteiger partial charge on any atom is -0.480 e. The SMILES string of the molecule is Cc1ccc2[nH]cc(CCC(=O)N3CCOCC3C(=O)O)c2c1. The van der Waals surface area contributed by atoms with Crippen molar-refractivity contribution < 1.29 is 19.4 Å². The number of nitrogens with one attached hydrogen (secondary N) is 1. The van der Waals surface area contributed by atoms with E-state index in [0.717, 1.165) is 16.5 Å². The molecule has 1 aromatic heterocycles. The van der Waals surface area contributed by atoms with E-state index in [-0.39, 0.29) is 12.5 Å². The lowest BCUT2D eigenvalue weighted by atomic mass is 10.1. The number of benzene rings is 1. The summed E-state index contributed by atoms with van der Waals surface area (Å²) >= 11 is 0. The minimum absolute atomic E-state index is 0.0629. The van der Waals surface area contributed by atoms with E-state index in [4.69, 9.17) is 4.74 Å². The molecule has 6 heteroatoms. The minimum atomic E-state index is -1.01. The van der Waals surface area contributed by atoms with Crippen molar-refractivity contribution >= 4 is 22.8 Å². The first kappa shape index (κ1) is 15.6. The van der Waals surface area contributed by atoms with Crippen molar-refractivity contribution in [1.29, 1.82) is 0 Å². The van der Waals surface area contributed by atoms with Crippen LogP contribution < -0.4 is 0 Å². The van der Waals surface area contributed by atoms with Crippen LogP contribution in [0.1, 0.15) is 17.5 Å². The summed E-state index contributed by atoms with van der Waals surface area (Å²) in [5.41, 5.74) is 3.30. The number of nitrogens with zero attached hydrogens (tertiary/aromatic N) is 1. The molecule has 2 N–H and O–H groups in total. The maximum absolute atomic E-state index is 12.4. The van der Waals surface area contributed by atoms with Gasteiger partial charge < -0.3 is 19.7 Å². The van der Waals surface area contributed by atoms with Gasteiger partial charge in [0.15, 0.2) is 6.04 Å². The number of aryl methyl sites for hydroxylation is 2. The van der Waals surface area contributed by atoms with Crippen LogP contribution in [0.3, 0.4) is 0 Å². The quantitative estimate of drug-likeness (QED) is 0.900. The van der Waals surface area contributed by atoms with Gasteiger partial charge in [0.1, 0.15) is 0 Å². The summed E-state index contributed by atoms with van der Waals surface area (Å²) in [5.74, 6) is -1.15. The molecule has 0 saturated carbocycles. The van der Waals surface area contributed by atoms with Gasteiger partial charge in [0.2, 0.25) is 5.91 Å². The Morgan fingerprint density at radius 1 is 1.43 bits per heavy atom. The average Bonchev–Trinajstić information content (AvgIpc) is 2.94. The third-order valence-electron chi connectivity index (χ3n) is 4.27. The summed E-state index contributed by atoms with van der Waals surface area (Å²) in [5, 5.41) is 10.3. The molecule has 0 radical (unpaired) electrons. The lowest BCUT2D eigenvalue weighted by molar-refractivity contribution is -0.158. The lowest BCUT2D eigenvalue weighted by Crippen LogP contribution is -2.52. The van der Waals surface area contributed by atoms with E-state index >= 15 is 0 Å². The van der Waals surface area contributed by atoms with E-state index in [0.29, 0.717) is 26.0 Å². The Kier molecular flexibility index (Phi) is 4.34. The van der Waals surface area contributed by atoms with Crippen LogP contribution in [0.25, 0.3) is 10.9 Å². The highest BCUT2D eigenvalue weighted by Gasteiger charge is 2.32. The van der Waals surface area contributed by atoms with E-state index in [1.165, 1.54) is 10.5 Å².